The Bertz CT molecular complexity index is 360. The van der Waals surface area contributed by atoms with Gasteiger partial charge in [0.15, 0.2) is 0 Å². The molecule has 0 aliphatic heterocycles. The lowest BCUT2D eigenvalue weighted by atomic mass is 10.1. The molecule has 1 atom stereocenters. The number of halogens is 1. The van der Waals surface area contributed by atoms with Crippen LogP contribution in [0.1, 0.15) is 50.3 Å². The van der Waals surface area contributed by atoms with E-state index in [2.05, 4.69) is 34.2 Å². The first-order valence-electron chi connectivity index (χ1n) is 7.93. The van der Waals surface area contributed by atoms with E-state index in [4.69, 9.17) is 4.74 Å². The number of thiophene rings is 1. The molecular formula is C16H28BrNO2S. The van der Waals surface area contributed by atoms with Crippen LogP contribution < -0.4 is 5.32 Å². The van der Waals surface area contributed by atoms with E-state index in [0.717, 1.165) is 23.4 Å². The zero-order valence-electron chi connectivity index (χ0n) is 12.9. The summed E-state index contributed by atoms with van der Waals surface area (Å²) in [5, 5.41) is 13.1. The topological polar surface area (TPSA) is 41.5 Å². The van der Waals surface area contributed by atoms with Crippen LogP contribution in [-0.2, 0) is 11.3 Å². The normalized spacial score (nSPS) is 12.7. The van der Waals surface area contributed by atoms with Gasteiger partial charge in [0.25, 0.3) is 0 Å². The van der Waals surface area contributed by atoms with Crippen molar-refractivity contribution in [1.29, 1.82) is 0 Å². The predicted molar refractivity (Wildman–Crippen MR) is 93.9 cm³/mol. The molecule has 21 heavy (non-hydrogen) atoms. The summed E-state index contributed by atoms with van der Waals surface area (Å²) in [5.74, 6) is 0. The van der Waals surface area contributed by atoms with E-state index in [1.807, 2.05) is 6.07 Å². The lowest BCUT2D eigenvalue weighted by molar-refractivity contribution is 0.0353. The van der Waals surface area contributed by atoms with Crippen LogP contribution in [0.3, 0.4) is 0 Å². The highest BCUT2D eigenvalue weighted by Crippen LogP contribution is 2.21. The first kappa shape index (κ1) is 19.1. The molecule has 1 aromatic heterocycles. The molecule has 2 N–H and O–H groups in total. The van der Waals surface area contributed by atoms with Crippen molar-refractivity contribution < 1.29 is 9.84 Å². The smallest absolute Gasteiger partial charge is 0.0897 e. The summed E-state index contributed by atoms with van der Waals surface area (Å²) in [4.78, 5) is 1.27. The van der Waals surface area contributed by atoms with E-state index in [1.54, 1.807) is 11.3 Å². The van der Waals surface area contributed by atoms with Gasteiger partial charge in [-0.25, -0.2) is 0 Å². The molecule has 1 unspecified atom stereocenters. The maximum atomic E-state index is 9.81. The van der Waals surface area contributed by atoms with Crippen molar-refractivity contribution in [2.24, 2.45) is 0 Å². The second-order valence-electron chi connectivity index (χ2n) is 5.33. The quantitative estimate of drug-likeness (QED) is 0.502. The molecular weight excluding hydrogens is 350 g/mol. The molecule has 0 radical (unpaired) electrons. The SMILES string of the molecule is CCCCCCCCOCC(O)CNCc1ccc(Br)s1. The van der Waals surface area contributed by atoms with Crippen LogP contribution in [0, 0.1) is 0 Å². The molecule has 0 bridgehead atoms. The fourth-order valence-corrected chi connectivity index (χ4v) is 3.52. The van der Waals surface area contributed by atoms with Gasteiger partial charge in [0.05, 0.1) is 16.5 Å². The van der Waals surface area contributed by atoms with Crippen LogP contribution in [0.5, 0.6) is 0 Å². The van der Waals surface area contributed by atoms with Crippen molar-refractivity contribution >= 4 is 27.3 Å². The summed E-state index contributed by atoms with van der Waals surface area (Å²) in [7, 11) is 0. The van der Waals surface area contributed by atoms with E-state index in [0.29, 0.717) is 13.2 Å². The number of hydrogen-bond acceptors (Lipinski definition) is 4. The van der Waals surface area contributed by atoms with Gasteiger partial charge in [-0.2, -0.15) is 0 Å². The summed E-state index contributed by atoms with van der Waals surface area (Å²) < 4.78 is 6.65. The summed E-state index contributed by atoms with van der Waals surface area (Å²) in [5.41, 5.74) is 0. The molecule has 0 amide bonds. The molecule has 0 saturated heterocycles. The fourth-order valence-electron chi connectivity index (χ4n) is 2.07. The molecule has 1 aromatic rings. The highest BCUT2D eigenvalue weighted by atomic mass is 79.9. The number of aliphatic hydroxyl groups excluding tert-OH is 1. The van der Waals surface area contributed by atoms with Crippen molar-refractivity contribution in [3.05, 3.63) is 20.8 Å². The Morgan fingerprint density at radius 2 is 2.00 bits per heavy atom. The number of aliphatic hydroxyl groups is 1. The highest BCUT2D eigenvalue weighted by molar-refractivity contribution is 9.11. The van der Waals surface area contributed by atoms with Gasteiger partial charge in [0.1, 0.15) is 0 Å². The Balaban J connectivity index is 1.88. The van der Waals surface area contributed by atoms with Crippen molar-refractivity contribution in [2.45, 2.75) is 58.1 Å². The minimum atomic E-state index is -0.423. The molecule has 0 saturated carbocycles. The summed E-state index contributed by atoms with van der Waals surface area (Å²) in [6.07, 6.45) is 7.19. The second-order valence-corrected chi connectivity index (χ2v) is 7.88. The molecule has 3 nitrogen and oxygen atoms in total. The van der Waals surface area contributed by atoms with Crippen LogP contribution in [0.15, 0.2) is 15.9 Å². The van der Waals surface area contributed by atoms with E-state index in [1.165, 1.54) is 37.0 Å². The molecule has 0 fully saturated rings. The summed E-state index contributed by atoms with van der Waals surface area (Å²) >= 11 is 5.16. The lowest BCUT2D eigenvalue weighted by Crippen LogP contribution is -2.30. The van der Waals surface area contributed by atoms with Crippen LogP contribution in [-0.4, -0.2) is 31.0 Å². The number of unbranched alkanes of at least 4 members (excludes halogenated alkanes) is 5. The third-order valence-corrected chi connectivity index (χ3v) is 4.88. The van der Waals surface area contributed by atoms with Crippen LogP contribution in [0.25, 0.3) is 0 Å². The molecule has 0 aliphatic rings. The van der Waals surface area contributed by atoms with Gasteiger partial charge >= 0.3 is 0 Å². The van der Waals surface area contributed by atoms with Crippen molar-refractivity contribution in [1.82, 2.24) is 5.32 Å². The number of hydrogen-bond donors (Lipinski definition) is 2. The van der Waals surface area contributed by atoms with Gasteiger partial charge < -0.3 is 15.2 Å². The Labute approximate surface area is 141 Å². The third kappa shape index (κ3) is 10.4. The average molecular weight is 378 g/mol. The van der Waals surface area contributed by atoms with Gasteiger partial charge in [0.2, 0.25) is 0 Å². The van der Waals surface area contributed by atoms with Crippen LogP contribution in [0.2, 0.25) is 0 Å². The molecule has 0 aromatic carbocycles. The van der Waals surface area contributed by atoms with Crippen LogP contribution >= 0.6 is 27.3 Å². The standard InChI is InChI=1S/C16H28BrNO2S/c1-2-3-4-5-6-7-10-20-13-14(19)11-18-12-15-8-9-16(17)21-15/h8-9,14,18-19H,2-7,10-13H2,1H3. The third-order valence-electron chi connectivity index (χ3n) is 3.26. The van der Waals surface area contributed by atoms with Crippen molar-refractivity contribution in [2.75, 3.05) is 19.8 Å². The highest BCUT2D eigenvalue weighted by Gasteiger charge is 2.04. The maximum Gasteiger partial charge on any atom is 0.0897 e. The number of rotatable bonds is 13. The number of ether oxygens (including phenoxy) is 1. The maximum absolute atomic E-state index is 9.81. The van der Waals surface area contributed by atoms with E-state index >= 15 is 0 Å². The zero-order valence-corrected chi connectivity index (χ0v) is 15.3. The largest absolute Gasteiger partial charge is 0.389 e. The predicted octanol–water partition coefficient (Wildman–Crippen LogP) is 4.34. The average Bonchev–Trinajstić information content (AvgIpc) is 2.87. The van der Waals surface area contributed by atoms with Gasteiger partial charge in [-0.05, 0) is 34.5 Å². The minimum absolute atomic E-state index is 0.423. The molecule has 122 valence electrons. The molecule has 0 aliphatic carbocycles. The van der Waals surface area contributed by atoms with Gasteiger partial charge in [-0.15, -0.1) is 11.3 Å². The van der Waals surface area contributed by atoms with Gasteiger partial charge in [-0.1, -0.05) is 39.0 Å². The fraction of sp³-hybridized carbons (Fsp3) is 0.750. The Hall–Kier alpha value is 0.0600. The second kappa shape index (κ2) is 12.6. The zero-order chi connectivity index (χ0) is 15.3. The Morgan fingerprint density at radius 3 is 2.71 bits per heavy atom. The Kier molecular flexibility index (Phi) is 11.5. The van der Waals surface area contributed by atoms with Crippen molar-refractivity contribution in [3.8, 4) is 0 Å². The lowest BCUT2D eigenvalue weighted by Gasteiger charge is -2.12. The van der Waals surface area contributed by atoms with E-state index in [9.17, 15) is 5.11 Å². The van der Waals surface area contributed by atoms with Crippen LogP contribution in [0.4, 0.5) is 0 Å². The monoisotopic (exact) mass is 377 g/mol. The minimum Gasteiger partial charge on any atom is -0.389 e. The van der Waals surface area contributed by atoms with E-state index < -0.39 is 6.10 Å². The summed E-state index contributed by atoms with van der Waals surface area (Å²) in [6.45, 7) is 4.80. The van der Waals surface area contributed by atoms with Gasteiger partial charge in [0, 0.05) is 24.6 Å². The first-order chi connectivity index (χ1) is 10.2. The summed E-state index contributed by atoms with van der Waals surface area (Å²) in [6, 6.07) is 4.13. The molecule has 5 heteroatoms. The van der Waals surface area contributed by atoms with Gasteiger partial charge in [-0.3, -0.25) is 0 Å². The number of nitrogens with one attached hydrogen (secondary N) is 1. The van der Waals surface area contributed by atoms with E-state index in [-0.39, 0.29) is 0 Å². The Morgan fingerprint density at radius 1 is 1.24 bits per heavy atom. The molecule has 0 spiro atoms. The molecule has 1 rings (SSSR count). The first-order valence-corrected chi connectivity index (χ1v) is 9.54. The molecule has 1 heterocycles. The van der Waals surface area contributed by atoms with Crippen molar-refractivity contribution in [3.63, 3.8) is 0 Å².